The summed E-state index contributed by atoms with van der Waals surface area (Å²) in [6.07, 6.45) is 0. The third kappa shape index (κ3) is 3.27. The lowest BCUT2D eigenvalue weighted by atomic mass is 10.2. The fraction of sp³-hybridized carbons (Fsp3) is 0.455. The van der Waals surface area contributed by atoms with Gasteiger partial charge in [-0.05, 0) is 6.92 Å². The van der Waals surface area contributed by atoms with Crippen molar-refractivity contribution in [3.63, 3.8) is 0 Å². The number of methoxy groups -OCH3 is 1. The summed E-state index contributed by atoms with van der Waals surface area (Å²) < 4.78 is 23.6. The van der Waals surface area contributed by atoms with Crippen molar-refractivity contribution < 1.29 is 13.9 Å². The van der Waals surface area contributed by atoms with E-state index in [0.29, 0.717) is 31.2 Å². The highest BCUT2D eigenvalue weighted by molar-refractivity contribution is 5.62. The Hall–Kier alpha value is -1.49. The zero-order chi connectivity index (χ0) is 12.0. The van der Waals surface area contributed by atoms with Crippen LogP contribution in [0.4, 0.5) is 15.8 Å². The quantitative estimate of drug-likeness (QED) is 0.576. The van der Waals surface area contributed by atoms with E-state index in [1.165, 1.54) is 19.2 Å². The maximum atomic E-state index is 13.4. The third-order valence-electron chi connectivity index (χ3n) is 2.09. The fourth-order valence-corrected chi connectivity index (χ4v) is 1.28. The molecule has 1 aromatic carbocycles. The van der Waals surface area contributed by atoms with Crippen molar-refractivity contribution in [2.75, 3.05) is 37.9 Å². The monoisotopic (exact) mass is 228 g/mol. The minimum atomic E-state index is -0.394. The molecule has 90 valence electrons. The molecule has 0 aliphatic heterocycles. The largest absolute Gasteiger partial charge is 0.495 e. The molecule has 0 spiro atoms. The smallest absolute Gasteiger partial charge is 0.148 e. The summed E-state index contributed by atoms with van der Waals surface area (Å²) in [5.41, 5.74) is 6.21. The molecule has 0 radical (unpaired) electrons. The van der Waals surface area contributed by atoms with Gasteiger partial charge in [0.15, 0.2) is 0 Å². The Balaban J connectivity index is 2.64. The molecule has 0 aliphatic rings. The van der Waals surface area contributed by atoms with Crippen LogP contribution >= 0.6 is 0 Å². The standard InChI is InChI=1S/C11H17FN2O2/c1-3-16-5-4-14-10-7-11(15-2)9(13)6-8(10)12/h6-7,14H,3-5,13H2,1-2H3. The second-order valence-electron chi connectivity index (χ2n) is 3.20. The predicted octanol–water partition coefficient (Wildman–Crippen LogP) is 1.86. The maximum absolute atomic E-state index is 13.4. The molecule has 0 unspecified atom stereocenters. The van der Waals surface area contributed by atoms with Gasteiger partial charge in [-0.1, -0.05) is 0 Å². The van der Waals surface area contributed by atoms with Gasteiger partial charge in [-0.2, -0.15) is 0 Å². The molecule has 3 N–H and O–H groups in total. The number of nitrogen functional groups attached to an aromatic ring is 1. The fourth-order valence-electron chi connectivity index (χ4n) is 1.28. The molecule has 4 nitrogen and oxygen atoms in total. The molecule has 0 heterocycles. The van der Waals surface area contributed by atoms with Crippen molar-refractivity contribution >= 4 is 11.4 Å². The number of benzene rings is 1. The van der Waals surface area contributed by atoms with Gasteiger partial charge in [0.05, 0.1) is 25.1 Å². The van der Waals surface area contributed by atoms with Crippen LogP contribution in [0.15, 0.2) is 12.1 Å². The molecular weight excluding hydrogens is 211 g/mol. The molecule has 5 heteroatoms. The molecule has 0 saturated heterocycles. The van der Waals surface area contributed by atoms with Crippen molar-refractivity contribution in [2.24, 2.45) is 0 Å². The summed E-state index contributed by atoms with van der Waals surface area (Å²) in [6.45, 7) is 3.63. The zero-order valence-corrected chi connectivity index (χ0v) is 9.55. The molecule has 0 amide bonds. The summed E-state index contributed by atoms with van der Waals surface area (Å²) in [4.78, 5) is 0. The maximum Gasteiger partial charge on any atom is 0.148 e. The summed E-state index contributed by atoms with van der Waals surface area (Å²) >= 11 is 0. The van der Waals surface area contributed by atoms with Crippen LogP contribution in [-0.4, -0.2) is 26.9 Å². The van der Waals surface area contributed by atoms with Crippen LogP contribution in [0, 0.1) is 5.82 Å². The molecular formula is C11H17FN2O2. The van der Waals surface area contributed by atoms with E-state index in [4.69, 9.17) is 15.2 Å². The summed E-state index contributed by atoms with van der Waals surface area (Å²) in [5, 5.41) is 2.91. The Kier molecular flexibility index (Phi) is 4.85. The van der Waals surface area contributed by atoms with Crippen molar-refractivity contribution in [3.05, 3.63) is 17.9 Å². The first kappa shape index (κ1) is 12.6. The minimum Gasteiger partial charge on any atom is -0.495 e. The lowest BCUT2D eigenvalue weighted by molar-refractivity contribution is 0.158. The van der Waals surface area contributed by atoms with Crippen LogP contribution in [0.25, 0.3) is 0 Å². The summed E-state index contributed by atoms with van der Waals surface area (Å²) in [7, 11) is 1.49. The van der Waals surface area contributed by atoms with E-state index in [2.05, 4.69) is 5.32 Å². The summed E-state index contributed by atoms with van der Waals surface area (Å²) in [6, 6.07) is 2.78. The Labute approximate surface area is 94.5 Å². The van der Waals surface area contributed by atoms with Gasteiger partial charge in [0.1, 0.15) is 11.6 Å². The second-order valence-corrected chi connectivity index (χ2v) is 3.20. The number of hydrogen-bond acceptors (Lipinski definition) is 4. The van der Waals surface area contributed by atoms with Gasteiger partial charge >= 0.3 is 0 Å². The van der Waals surface area contributed by atoms with Crippen LogP contribution in [0.1, 0.15) is 6.92 Å². The Bertz CT molecular complexity index is 345. The number of halogens is 1. The van der Waals surface area contributed by atoms with E-state index >= 15 is 0 Å². The second kappa shape index (κ2) is 6.17. The van der Waals surface area contributed by atoms with Gasteiger partial charge in [0, 0.05) is 25.3 Å². The molecule has 0 saturated carbocycles. The van der Waals surface area contributed by atoms with Crippen molar-refractivity contribution in [3.8, 4) is 5.75 Å². The normalized spacial score (nSPS) is 10.2. The van der Waals surface area contributed by atoms with Crippen LogP contribution in [0.5, 0.6) is 5.75 Å². The average Bonchev–Trinajstić information content (AvgIpc) is 2.27. The molecule has 0 atom stereocenters. The molecule has 16 heavy (non-hydrogen) atoms. The van der Waals surface area contributed by atoms with E-state index in [1.807, 2.05) is 6.92 Å². The van der Waals surface area contributed by atoms with Gasteiger partial charge in [-0.25, -0.2) is 4.39 Å². The lowest BCUT2D eigenvalue weighted by Gasteiger charge is -2.11. The third-order valence-corrected chi connectivity index (χ3v) is 2.09. The lowest BCUT2D eigenvalue weighted by Crippen LogP contribution is -2.10. The van der Waals surface area contributed by atoms with E-state index in [9.17, 15) is 4.39 Å². The SMILES string of the molecule is CCOCCNc1cc(OC)c(N)cc1F. The van der Waals surface area contributed by atoms with Crippen molar-refractivity contribution in [1.29, 1.82) is 0 Å². The van der Waals surface area contributed by atoms with Gasteiger partial charge < -0.3 is 20.5 Å². The van der Waals surface area contributed by atoms with E-state index in [0.717, 1.165) is 0 Å². The first-order chi connectivity index (χ1) is 7.69. The van der Waals surface area contributed by atoms with E-state index in [1.54, 1.807) is 0 Å². The topological polar surface area (TPSA) is 56.5 Å². The number of hydrogen-bond donors (Lipinski definition) is 2. The number of rotatable bonds is 6. The highest BCUT2D eigenvalue weighted by atomic mass is 19.1. The highest BCUT2D eigenvalue weighted by Gasteiger charge is 2.07. The summed E-state index contributed by atoms with van der Waals surface area (Å²) in [5.74, 6) is 0.0649. The molecule has 1 aromatic rings. The number of nitrogens with two attached hydrogens (primary N) is 1. The predicted molar refractivity (Wildman–Crippen MR) is 62.3 cm³/mol. The molecule has 0 bridgehead atoms. The van der Waals surface area contributed by atoms with E-state index < -0.39 is 5.82 Å². The van der Waals surface area contributed by atoms with Gasteiger partial charge in [0.2, 0.25) is 0 Å². The Morgan fingerprint density at radius 2 is 2.19 bits per heavy atom. The van der Waals surface area contributed by atoms with Crippen molar-refractivity contribution in [2.45, 2.75) is 6.92 Å². The van der Waals surface area contributed by atoms with Crippen LogP contribution in [-0.2, 0) is 4.74 Å². The molecule has 1 rings (SSSR count). The average molecular weight is 228 g/mol. The number of nitrogens with one attached hydrogen (secondary N) is 1. The Morgan fingerprint density at radius 1 is 1.44 bits per heavy atom. The van der Waals surface area contributed by atoms with Crippen LogP contribution in [0.3, 0.4) is 0 Å². The van der Waals surface area contributed by atoms with E-state index in [-0.39, 0.29) is 5.69 Å². The van der Waals surface area contributed by atoms with Crippen molar-refractivity contribution in [1.82, 2.24) is 0 Å². The number of anilines is 2. The first-order valence-corrected chi connectivity index (χ1v) is 5.13. The Morgan fingerprint density at radius 3 is 2.81 bits per heavy atom. The molecule has 0 aliphatic carbocycles. The highest BCUT2D eigenvalue weighted by Crippen LogP contribution is 2.27. The van der Waals surface area contributed by atoms with Crippen LogP contribution in [0.2, 0.25) is 0 Å². The van der Waals surface area contributed by atoms with Gasteiger partial charge in [-0.3, -0.25) is 0 Å². The first-order valence-electron chi connectivity index (χ1n) is 5.13. The van der Waals surface area contributed by atoms with Gasteiger partial charge in [-0.15, -0.1) is 0 Å². The minimum absolute atomic E-state index is 0.287. The van der Waals surface area contributed by atoms with Gasteiger partial charge in [0.25, 0.3) is 0 Å². The number of ether oxygens (including phenoxy) is 2. The zero-order valence-electron chi connectivity index (χ0n) is 9.55. The molecule has 0 aromatic heterocycles. The molecule has 0 fully saturated rings. The van der Waals surface area contributed by atoms with Crippen LogP contribution < -0.4 is 15.8 Å².